The molecule has 1 saturated heterocycles. The minimum atomic E-state index is 0.189. The molecule has 5 nitrogen and oxygen atoms in total. The number of likely N-dealkylation sites (tertiary alicyclic amines) is 1. The van der Waals surface area contributed by atoms with Crippen molar-refractivity contribution in [1.82, 2.24) is 20.3 Å². The minimum absolute atomic E-state index is 0.189. The van der Waals surface area contributed by atoms with E-state index in [2.05, 4.69) is 27.3 Å². The van der Waals surface area contributed by atoms with Crippen LogP contribution in [0.1, 0.15) is 24.1 Å². The van der Waals surface area contributed by atoms with Crippen molar-refractivity contribution < 1.29 is 4.79 Å². The molecule has 1 aliphatic heterocycles. The first-order valence-electron chi connectivity index (χ1n) is 7.60. The first kappa shape index (κ1) is 15.6. The topological polar surface area (TPSA) is 61.9 Å². The molecule has 2 heterocycles. The molecule has 3 rings (SSSR count). The number of halogens is 1. The average Bonchev–Trinajstić information content (AvgIpc) is 2.99. The molecule has 2 aromatic rings. The smallest absolute Gasteiger partial charge is 0.222 e. The normalized spacial score (nSPS) is 14.0. The summed E-state index contributed by atoms with van der Waals surface area (Å²) in [6.07, 6.45) is 3.80. The Morgan fingerprint density at radius 2 is 2.30 bits per heavy atom. The number of nitrogens with one attached hydrogen (secondary N) is 1. The maximum Gasteiger partial charge on any atom is 0.222 e. The number of carbonyl (C=O) groups excluding carboxylic acids is 1. The van der Waals surface area contributed by atoms with Crippen molar-refractivity contribution in [3.63, 3.8) is 0 Å². The molecule has 0 spiro atoms. The van der Waals surface area contributed by atoms with Crippen LogP contribution in [-0.4, -0.2) is 39.3 Å². The van der Waals surface area contributed by atoms with Crippen LogP contribution in [0.25, 0.3) is 0 Å². The number of aromatic amines is 1. The number of nitrogens with zero attached hydrogens (tertiary/aromatic N) is 3. The van der Waals surface area contributed by atoms with Crippen molar-refractivity contribution in [3.8, 4) is 11.8 Å². The largest absolute Gasteiger partial charge is 0.340 e. The molecule has 1 amide bonds. The lowest BCUT2D eigenvalue weighted by atomic mass is 9.99. The van der Waals surface area contributed by atoms with Crippen molar-refractivity contribution in [3.05, 3.63) is 46.7 Å². The number of amides is 1. The molecule has 1 N–H and O–H groups in total. The molecular formula is C17H17ClN4O. The van der Waals surface area contributed by atoms with E-state index in [-0.39, 0.29) is 11.8 Å². The zero-order valence-electron chi connectivity index (χ0n) is 12.6. The fourth-order valence-corrected chi connectivity index (χ4v) is 2.64. The highest BCUT2D eigenvalue weighted by molar-refractivity contribution is 6.30. The van der Waals surface area contributed by atoms with Crippen molar-refractivity contribution >= 4 is 17.5 Å². The molecule has 0 bridgehead atoms. The zero-order chi connectivity index (χ0) is 16.1. The molecule has 0 unspecified atom stereocenters. The summed E-state index contributed by atoms with van der Waals surface area (Å²) in [6.45, 7) is 1.44. The number of benzene rings is 1. The summed E-state index contributed by atoms with van der Waals surface area (Å²) in [6, 6.07) is 7.50. The number of rotatable bonds is 4. The fraction of sp³-hybridized carbons (Fsp3) is 0.353. The van der Waals surface area contributed by atoms with Gasteiger partial charge in [0.05, 0.1) is 17.8 Å². The maximum atomic E-state index is 12.0. The number of hydrogen-bond acceptors (Lipinski definition) is 3. The number of hydrogen-bond donors (Lipinski definition) is 1. The van der Waals surface area contributed by atoms with Gasteiger partial charge in [0.1, 0.15) is 0 Å². The van der Waals surface area contributed by atoms with Gasteiger partial charge < -0.3 is 4.90 Å². The molecule has 6 heteroatoms. The van der Waals surface area contributed by atoms with Crippen LogP contribution in [0.3, 0.4) is 0 Å². The van der Waals surface area contributed by atoms with Gasteiger partial charge >= 0.3 is 0 Å². The van der Waals surface area contributed by atoms with E-state index >= 15 is 0 Å². The summed E-state index contributed by atoms with van der Waals surface area (Å²) in [5.41, 5.74) is 1.81. The molecular weight excluding hydrogens is 312 g/mol. The molecule has 0 atom stereocenters. The van der Waals surface area contributed by atoms with Gasteiger partial charge in [-0.15, -0.1) is 0 Å². The van der Waals surface area contributed by atoms with Crippen LogP contribution in [0.5, 0.6) is 0 Å². The quantitative estimate of drug-likeness (QED) is 0.876. The van der Waals surface area contributed by atoms with Crippen molar-refractivity contribution in [2.45, 2.75) is 19.3 Å². The third-order valence-electron chi connectivity index (χ3n) is 3.77. The Morgan fingerprint density at radius 1 is 1.43 bits per heavy atom. The van der Waals surface area contributed by atoms with Crippen LogP contribution in [0, 0.1) is 17.8 Å². The van der Waals surface area contributed by atoms with Gasteiger partial charge in [0, 0.05) is 30.1 Å². The molecule has 1 aliphatic rings. The van der Waals surface area contributed by atoms with E-state index in [1.165, 1.54) is 0 Å². The second-order valence-electron chi connectivity index (χ2n) is 5.59. The molecule has 1 fully saturated rings. The van der Waals surface area contributed by atoms with Crippen molar-refractivity contribution in [2.24, 2.45) is 5.92 Å². The van der Waals surface area contributed by atoms with E-state index in [0.29, 0.717) is 11.4 Å². The van der Waals surface area contributed by atoms with Gasteiger partial charge in [-0.2, -0.15) is 15.4 Å². The molecule has 1 aromatic carbocycles. The molecule has 1 aromatic heterocycles. The number of aromatic nitrogens is 3. The minimum Gasteiger partial charge on any atom is -0.340 e. The second-order valence-corrected chi connectivity index (χ2v) is 6.03. The number of aryl methyl sites for hydroxylation is 1. The van der Waals surface area contributed by atoms with E-state index < -0.39 is 0 Å². The Balaban J connectivity index is 1.39. The Hall–Kier alpha value is -2.32. The van der Waals surface area contributed by atoms with Crippen LogP contribution in [0.2, 0.25) is 5.02 Å². The van der Waals surface area contributed by atoms with Crippen molar-refractivity contribution in [2.75, 3.05) is 13.1 Å². The van der Waals surface area contributed by atoms with Gasteiger partial charge in [-0.1, -0.05) is 29.5 Å². The molecule has 118 valence electrons. The van der Waals surface area contributed by atoms with Gasteiger partial charge in [-0.3, -0.25) is 4.79 Å². The molecule has 0 radical (unpaired) electrons. The lowest BCUT2D eigenvalue weighted by Gasteiger charge is -2.36. The Morgan fingerprint density at radius 3 is 3.04 bits per heavy atom. The highest BCUT2D eigenvalue weighted by Crippen LogP contribution is 2.17. The lowest BCUT2D eigenvalue weighted by molar-refractivity contribution is -0.136. The van der Waals surface area contributed by atoms with Gasteiger partial charge in [0.2, 0.25) is 5.91 Å². The number of H-pyrrole nitrogens is 1. The van der Waals surface area contributed by atoms with Gasteiger partial charge in [0.25, 0.3) is 0 Å². The number of carbonyl (C=O) groups is 1. The summed E-state index contributed by atoms with van der Waals surface area (Å²) in [5.74, 6) is 6.77. The van der Waals surface area contributed by atoms with Crippen LogP contribution in [0.15, 0.2) is 30.5 Å². The highest BCUT2D eigenvalue weighted by Gasteiger charge is 2.28. The van der Waals surface area contributed by atoms with Crippen LogP contribution in [0.4, 0.5) is 0 Å². The van der Waals surface area contributed by atoms with Crippen LogP contribution >= 0.6 is 11.6 Å². The van der Waals surface area contributed by atoms with Gasteiger partial charge in [0.15, 0.2) is 0 Å². The fourth-order valence-electron chi connectivity index (χ4n) is 2.45. The monoisotopic (exact) mass is 328 g/mol. The second kappa shape index (κ2) is 7.30. The third kappa shape index (κ3) is 4.33. The van der Waals surface area contributed by atoms with Crippen LogP contribution in [-0.2, 0) is 11.2 Å². The van der Waals surface area contributed by atoms with E-state index in [1.54, 1.807) is 6.20 Å². The lowest BCUT2D eigenvalue weighted by Crippen LogP contribution is -2.49. The summed E-state index contributed by atoms with van der Waals surface area (Å²) in [4.78, 5) is 13.9. The van der Waals surface area contributed by atoms with E-state index in [1.807, 2.05) is 29.2 Å². The summed E-state index contributed by atoms with van der Waals surface area (Å²) in [5, 5.41) is 11.0. The Bertz CT molecular complexity index is 727. The summed E-state index contributed by atoms with van der Waals surface area (Å²) in [7, 11) is 0. The highest BCUT2D eigenvalue weighted by atomic mass is 35.5. The standard InChI is InChI=1S/C17H17ClN4O/c18-15-4-1-3-13(9-15)7-8-14-11-22(12-14)17(23)6-2-5-16-10-19-21-20-16/h1,3-4,9-10,14H,2,5-6,11-12H2,(H,19,20,21). The first-order valence-corrected chi connectivity index (χ1v) is 7.98. The maximum absolute atomic E-state index is 12.0. The third-order valence-corrected chi connectivity index (χ3v) is 4.00. The van der Waals surface area contributed by atoms with Gasteiger partial charge in [-0.25, -0.2) is 0 Å². The molecule has 0 saturated carbocycles. The first-order chi connectivity index (χ1) is 11.2. The molecule has 23 heavy (non-hydrogen) atoms. The van der Waals surface area contributed by atoms with Gasteiger partial charge in [-0.05, 0) is 31.0 Å². The van der Waals surface area contributed by atoms with Crippen molar-refractivity contribution in [1.29, 1.82) is 0 Å². The predicted octanol–water partition coefficient (Wildman–Crippen LogP) is 2.29. The summed E-state index contributed by atoms with van der Waals surface area (Å²) < 4.78 is 0. The summed E-state index contributed by atoms with van der Waals surface area (Å²) >= 11 is 5.93. The zero-order valence-corrected chi connectivity index (χ0v) is 13.4. The Kier molecular flexibility index (Phi) is 4.94. The SMILES string of the molecule is O=C(CCCc1cn[nH]n1)N1CC(C#Cc2cccc(Cl)c2)C1. The average molecular weight is 329 g/mol. The van der Waals surface area contributed by atoms with E-state index in [4.69, 9.17) is 11.6 Å². The predicted molar refractivity (Wildman–Crippen MR) is 87.7 cm³/mol. The van der Waals surface area contributed by atoms with E-state index in [9.17, 15) is 4.79 Å². The Labute approximate surface area is 140 Å². The van der Waals surface area contributed by atoms with Crippen LogP contribution < -0.4 is 0 Å². The van der Waals surface area contributed by atoms with E-state index in [0.717, 1.165) is 37.2 Å². The molecule has 0 aliphatic carbocycles.